The number of rotatable bonds is 2. The molecule has 1 aromatic heterocycles. The number of nitrogens with zero attached hydrogens (tertiary/aromatic N) is 2. The summed E-state index contributed by atoms with van der Waals surface area (Å²) in [6.45, 7) is 1.52. The van der Waals surface area contributed by atoms with E-state index in [1.54, 1.807) is 6.07 Å². The Kier molecular flexibility index (Phi) is 2.61. The molecular weight excluding hydrogens is 178 g/mol. The Hall–Kier alpha value is -1.60. The highest BCUT2D eigenvalue weighted by atomic mass is 16.5. The molecule has 2 heterocycles. The van der Waals surface area contributed by atoms with Crippen molar-refractivity contribution in [2.24, 2.45) is 0 Å². The third kappa shape index (κ3) is 2.01. The summed E-state index contributed by atoms with van der Waals surface area (Å²) in [4.78, 5) is 4.13. The van der Waals surface area contributed by atoms with Gasteiger partial charge in [0.05, 0.1) is 12.6 Å². The van der Waals surface area contributed by atoms with Gasteiger partial charge in [0.25, 0.3) is 0 Å². The number of ether oxygens (including phenoxy) is 1. The molecule has 0 aliphatic carbocycles. The van der Waals surface area contributed by atoms with Gasteiger partial charge in [0.2, 0.25) is 0 Å². The highest BCUT2D eigenvalue weighted by Crippen LogP contribution is 2.11. The van der Waals surface area contributed by atoms with Crippen LogP contribution in [0, 0.1) is 11.3 Å². The summed E-state index contributed by atoms with van der Waals surface area (Å²) in [6.07, 6.45) is 0.998. The predicted molar refractivity (Wildman–Crippen MR) is 51.8 cm³/mol. The van der Waals surface area contributed by atoms with E-state index in [1.807, 2.05) is 18.2 Å². The first-order valence-electron chi connectivity index (χ1n) is 4.60. The number of hydrogen-bond donors (Lipinski definition) is 1. The Labute approximate surface area is 82.5 Å². The van der Waals surface area contributed by atoms with Crippen LogP contribution in [0.3, 0.4) is 0 Å². The standard InChI is InChI=1S/C10H11N3O/c11-6-8-2-1-3-10(12-8)13-9-4-5-14-7-9/h1-3,9H,4-5,7H2,(H,12,13). The van der Waals surface area contributed by atoms with Gasteiger partial charge in [0, 0.05) is 6.61 Å². The van der Waals surface area contributed by atoms with Gasteiger partial charge in [-0.1, -0.05) is 6.07 Å². The van der Waals surface area contributed by atoms with E-state index in [0.29, 0.717) is 11.7 Å². The van der Waals surface area contributed by atoms with E-state index in [1.165, 1.54) is 0 Å². The Morgan fingerprint density at radius 3 is 3.21 bits per heavy atom. The molecule has 0 amide bonds. The summed E-state index contributed by atoms with van der Waals surface area (Å²) in [5, 5.41) is 11.9. The second kappa shape index (κ2) is 4.07. The van der Waals surface area contributed by atoms with Gasteiger partial charge in [-0.25, -0.2) is 4.98 Å². The van der Waals surface area contributed by atoms with Gasteiger partial charge >= 0.3 is 0 Å². The maximum atomic E-state index is 8.66. The fraction of sp³-hybridized carbons (Fsp3) is 0.400. The lowest BCUT2D eigenvalue weighted by Gasteiger charge is -2.10. The van der Waals surface area contributed by atoms with E-state index < -0.39 is 0 Å². The van der Waals surface area contributed by atoms with Crippen molar-refractivity contribution < 1.29 is 4.74 Å². The lowest BCUT2D eigenvalue weighted by molar-refractivity contribution is 0.195. The van der Waals surface area contributed by atoms with Gasteiger partial charge in [0.1, 0.15) is 17.6 Å². The SMILES string of the molecule is N#Cc1cccc(NC2CCOC2)n1. The fourth-order valence-electron chi connectivity index (χ4n) is 1.43. The van der Waals surface area contributed by atoms with Crippen LogP contribution < -0.4 is 5.32 Å². The molecule has 1 N–H and O–H groups in total. The van der Waals surface area contributed by atoms with Crippen LogP contribution >= 0.6 is 0 Å². The first-order valence-corrected chi connectivity index (χ1v) is 4.60. The average molecular weight is 189 g/mol. The Bertz CT molecular complexity index is 353. The molecule has 0 saturated carbocycles. The number of hydrogen-bond acceptors (Lipinski definition) is 4. The van der Waals surface area contributed by atoms with Crippen LogP contribution in [0.15, 0.2) is 18.2 Å². The van der Waals surface area contributed by atoms with Crippen molar-refractivity contribution in [2.75, 3.05) is 18.5 Å². The predicted octanol–water partition coefficient (Wildman–Crippen LogP) is 1.15. The summed E-state index contributed by atoms with van der Waals surface area (Å²) in [5.74, 6) is 0.750. The first-order chi connectivity index (χ1) is 6.88. The Morgan fingerprint density at radius 2 is 2.50 bits per heavy atom. The molecule has 1 unspecified atom stereocenters. The van der Waals surface area contributed by atoms with Crippen molar-refractivity contribution in [1.82, 2.24) is 4.98 Å². The van der Waals surface area contributed by atoms with Crippen LogP contribution in [0.2, 0.25) is 0 Å². The highest BCUT2D eigenvalue weighted by Gasteiger charge is 2.15. The average Bonchev–Trinajstić information content (AvgIpc) is 2.71. The van der Waals surface area contributed by atoms with E-state index in [-0.39, 0.29) is 0 Å². The summed E-state index contributed by atoms with van der Waals surface area (Å²) in [7, 11) is 0. The van der Waals surface area contributed by atoms with Gasteiger partial charge < -0.3 is 10.1 Å². The molecule has 1 aromatic rings. The third-order valence-corrected chi connectivity index (χ3v) is 2.15. The summed E-state index contributed by atoms with van der Waals surface area (Å²) < 4.78 is 5.23. The molecular formula is C10H11N3O. The molecule has 0 spiro atoms. The molecule has 1 aliphatic rings. The monoisotopic (exact) mass is 189 g/mol. The number of pyridine rings is 1. The Balaban J connectivity index is 2.05. The molecule has 4 heteroatoms. The fourth-order valence-corrected chi connectivity index (χ4v) is 1.43. The highest BCUT2D eigenvalue weighted by molar-refractivity contribution is 5.39. The van der Waals surface area contributed by atoms with E-state index in [2.05, 4.69) is 10.3 Å². The second-order valence-electron chi connectivity index (χ2n) is 3.22. The molecule has 1 fully saturated rings. The largest absolute Gasteiger partial charge is 0.379 e. The minimum Gasteiger partial charge on any atom is -0.379 e. The minimum absolute atomic E-state index is 0.330. The van der Waals surface area contributed by atoms with E-state index >= 15 is 0 Å². The van der Waals surface area contributed by atoms with Crippen molar-refractivity contribution in [3.8, 4) is 6.07 Å². The molecule has 1 saturated heterocycles. The summed E-state index contributed by atoms with van der Waals surface area (Å²) in [5.41, 5.74) is 0.439. The van der Waals surface area contributed by atoms with Gasteiger partial charge in [-0.05, 0) is 18.6 Å². The van der Waals surface area contributed by atoms with Crippen molar-refractivity contribution in [1.29, 1.82) is 5.26 Å². The zero-order valence-corrected chi connectivity index (χ0v) is 7.73. The van der Waals surface area contributed by atoms with Crippen molar-refractivity contribution in [3.05, 3.63) is 23.9 Å². The lowest BCUT2D eigenvalue weighted by Crippen LogP contribution is -2.19. The number of aromatic nitrogens is 1. The van der Waals surface area contributed by atoms with Gasteiger partial charge in [-0.2, -0.15) is 5.26 Å². The smallest absolute Gasteiger partial charge is 0.142 e. The Morgan fingerprint density at radius 1 is 1.57 bits per heavy atom. The topological polar surface area (TPSA) is 57.9 Å². The molecule has 72 valence electrons. The second-order valence-corrected chi connectivity index (χ2v) is 3.22. The molecule has 4 nitrogen and oxygen atoms in total. The molecule has 0 bridgehead atoms. The zero-order valence-electron chi connectivity index (χ0n) is 7.73. The quantitative estimate of drug-likeness (QED) is 0.758. The summed E-state index contributed by atoms with van der Waals surface area (Å²) in [6, 6.07) is 7.71. The van der Waals surface area contributed by atoms with E-state index in [4.69, 9.17) is 10.00 Å². The van der Waals surface area contributed by atoms with Crippen molar-refractivity contribution in [2.45, 2.75) is 12.5 Å². The van der Waals surface area contributed by atoms with Gasteiger partial charge in [-0.15, -0.1) is 0 Å². The third-order valence-electron chi connectivity index (χ3n) is 2.15. The number of nitrogens with one attached hydrogen (secondary N) is 1. The molecule has 2 rings (SSSR count). The van der Waals surface area contributed by atoms with E-state index in [0.717, 1.165) is 25.5 Å². The van der Waals surface area contributed by atoms with Crippen molar-refractivity contribution >= 4 is 5.82 Å². The lowest BCUT2D eigenvalue weighted by atomic mass is 10.2. The molecule has 0 aromatic carbocycles. The first kappa shape index (κ1) is 8.97. The number of anilines is 1. The summed E-state index contributed by atoms with van der Waals surface area (Å²) >= 11 is 0. The van der Waals surface area contributed by atoms with Crippen molar-refractivity contribution in [3.63, 3.8) is 0 Å². The van der Waals surface area contributed by atoms with Crippen LogP contribution in [0.25, 0.3) is 0 Å². The maximum absolute atomic E-state index is 8.66. The van der Waals surface area contributed by atoms with Crippen LogP contribution in [0.1, 0.15) is 12.1 Å². The minimum atomic E-state index is 0.330. The molecule has 14 heavy (non-hydrogen) atoms. The molecule has 1 atom stereocenters. The number of nitriles is 1. The molecule has 1 aliphatic heterocycles. The van der Waals surface area contributed by atoms with Gasteiger partial charge in [0.15, 0.2) is 0 Å². The molecule has 0 radical (unpaired) electrons. The normalized spacial score (nSPS) is 20.4. The van der Waals surface area contributed by atoms with Crippen LogP contribution in [0.5, 0.6) is 0 Å². The maximum Gasteiger partial charge on any atom is 0.142 e. The van der Waals surface area contributed by atoms with Crippen LogP contribution in [0.4, 0.5) is 5.82 Å². The zero-order chi connectivity index (χ0) is 9.80. The van der Waals surface area contributed by atoms with Crippen LogP contribution in [-0.4, -0.2) is 24.2 Å². The van der Waals surface area contributed by atoms with Crippen LogP contribution in [-0.2, 0) is 4.74 Å². The van der Waals surface area contributed by atoms with E-state index in [9.17, 15) is 0 Å². The van der Waals surface area contributed by atoms with Gasteiger partial charge in [-0.3, -0.25) is 0 Å².